The number of ether oxygens (including phenoxy) is 1. The first-order chi connectivity index (χ1) is 9.25. The molecule has 1 N–H and O–H groups in total. The van der Waals surface area contributed by atoms with Gasteiger partial charge in [0.2, 0.25) is 0 Å². The lowest BCUT2D eigenvalue weighted by Crippen LogP contribution is -2.30. The Morgan fingerprint density at radius 2 is 2.26 bits per heavy atom. The molecule has 1 aliphatic heterocycles. The van der Waals surface area contributed by atoms with Crippen molar-refractivity contribution < 1.29 is 14.6 Å². The third-order valence-electron chi connectivity index (χ3n) is 3.07. The van der Waals surface area contributed by atoms with Crippen LogP contribution >= 0.6 is 11.8 Å². The molecule has 1 aromatic carbocycles. The molecule has 1 aromatic rings. The van der Waals surface area contributed by atoms with Crippen molar-refractivity contribution in [2.75, 3.05) is 37.7 Å². The lowest BCUT2D eigenvalue weighted by atomic mass is 10.2. The van der Waals surface area contributed by atoms with Crippen molar-refractivity contribution in [2.24, 2.45) is 0 Å². The lowest BCUT2D eigenvalue weighted by Gasteiger charge is -2.19. The molecule has 0 bridgehead atoms. The molecule has 0 unspecified atom stereocenters. The Hall–Kier alpha value is -1.20. The normalized spacial score (nSPS) is 16.8. The fraction of sp³-hybridized carbons (Fsp3) is 0.500. The molecule has 0 aromatic heterocycles. The zero-order valence-electron chi connectivity index (χ0n) is 10.9. The van der Waals surface area contributed by atoms with E-state index in [-0.39, 0.29) is 5.56 Å². The Balaban J connectivity index is 1.78. The molecule has 0 saturated carbocycles. The summed E-state index contributed by atoms with van der Waals surface area (Å²) in [5.41, 5.74) is 0.267. The Bertz CT molecular complexity index is 417. The number of carboxylic acid groups (broad SMARTS) is 1. The first kappa shape index (κ1) is 14.2. The third kappa shape index (κ3) is 4.76. The van der Waals surface area contributed by atoms with E-state index in [9.17, 15) is 4.79 Å². The summed E-state index contributed by atoms with van der Waals surface area (Å²) in [7, 11) is 0. The smallest absolute Gasteiger partial charge is 0.335 e. The molecule has 5 heteroatoms. The van der Waals surface area contributed by atoms with E-state index in [4.69, 9.17) is 9.84 Å². The number of nitrogens with zero attached hydrogens (tertiary/aromatic N) is 1. The minimum atomic E-state index is -0.921. The summed E-state index contributed by atoms with van der Waals surface area (Å²) < 4.78 is 5.63. The number of aromatic carboxylic acids is 1. The van der Waals surface area contributed by atoms with Crippen LogP contribution in [0.5, 0.6) is 5.75 Å². The van der Waals surface area contributed by atoms with Crippen LogP contribution in [0.25, 0.3) is 0 Å². The Morgan fingerprint density at radius 1 is 1.37 bits per heavy atom. The Kier molecular flexibility index (Phi) is 5.54. The van der Waals surface area contributed by atoms with E-state index in [1.807, 2.05) is 11.8 Å². The molecule has 0 aliphatic carbocycles. The van der Waals surface area contributed by atoms with E-state index in [0.29, 0.717) is 12.4 Å². The summed E-state index contributed by atoms with van der Waals surface area (Å²) in [6.45, 7) is 3.75. The van der Waals surface area contributed by atoms with Gasteiger partial charge < -0.3 is 9.84 Å². The maximum atomic E-state index is 10.8. The van der Waals surface area contributed by atoms with Gasteiger partial charge in [-0.15, -0.1) is 0 Å². The number of hydrogen-bond donors (Lipinski definition) is 1. The van der Waals surface area contributed by atoms with Crippen molar-refractivity contribution in [3.8, 4) is 5.75 Å². The quantitative estimate of drug-likeness (QED) is 0.896. The standard InChI is InChI=1S/C14H19NO3S/c16-14(17)12-3-1-4-13(11-12)18-8-6-15-5-2-9-19-10-7-15/h1,3-4,11H,2,5-10H2,(H,16,17). The maximum absolute atomic E-state index is 10.8. The van der Waals surface area contributed by atoms with Gasteiger partial charge in [0.15, 0.2) is 0 Å². The average molecular weight is 281 g/mol. The minimum absolute atomic E-state index is 0.267. The summed E-state index contributed by atoms with van der Waals surface area (Å²) in [6.07, 6.45) is 1.24. The number of hydrogen-bond acceptors (Lipinski definition) is 4. The zero-order valence-corrected chi connectivity index (χ0v) is 11.7. The number of thioether (sulfide) groups is 1. The zero-order chi connectivity index (χ0) is 13.5. The lowest BCUT2D eigenvalue weighted by molar-refractivity contribution is 0.0696. The van der Waals surface area contributed by atoms with Crippen molar-refractivity contribution in [2.45, 2.75) is 6.42 Å². The molecule has 104 valence electrons. The molecule has 1 fully saturated rings. The van der Waals surface area contributed by atoms with Gasteiger partial charge in [-0.2, -0.15) is 11.8 Å². The number of carbonyl (C=O) groups is 1. The first-order valence-electron chi connectivity index (χ1n) is 6.52. The minimum Gasteiger partial charge on any atom is -0.492 e. The summed E-state index contributed by atoms with van der Waals surface area (Å²) in [6, 6.07) is 6.65. The molecule has 4 nitrogen and oxygen atoms in total. The topological polar surface area (TPSA) is 49.8 Å². The molecular weight excluding hydrogens is 262 g/mol. The highest BCUT2D eigenvalue weighted by Gasteiger charge is 2.09. The van der Waals surface area contributed by atoms with Crippen LogP contribution in [0.1, 0.15) is 16.8 Å². The van der Waals surface area contributed by atoms with Crippen molar-refractivity contribution in [1.82, 2.24) is 4.90 Å². The third-order valence-corrected chi connectivity index (χ3v) is 4.12. The van der Waals surface area contributed by atoms with Crippen molar-refractivity contribution in [1.29, 1.82) is 0 Å². The van der Waals surface area contributed by atoms with E-state index in [1.54, 1.807) is 24.3 Å². The molecule has 1 aliphatic rings. The summed E-state index contributed by atoms with van der Waals surface area (Å²) in [5, 5.41) is 8.90. The van der Waals surface area contributed by atoms with E-state index < -0.39 is 5.97 Å². The maximum Gasteiger partial charge on any atom is 0.335 e. The van der Waals surface area contributed by atoms with Crippen LogP contribution in [0.2, 0.25) is 0 Å². The van der Waals surface area contributed by atoms with Crippen LogP contribution in [-0.2, 0) is 0 Å². The Labute approximate surface area is 117 Å². The molecule has 0 radical (unpaired) electrons. The fourth-order valence-corrected chi connectivity index (χ4v) is 2.96. The fourth-order valence-electron chi connectivity index (χ4n) is 2.03. The van der Waals surface area contributed by atoms with Crippen LogP contribution in [0.15, 0.2) is 24.3 Å². The Morgan fingerprint density at radius 3 is 3.11 bits per heavy atom. The summed E-state index contributed by atoms with van der Waals surface area (Å²) in [4.78, 5) is 13.3. The second-order valence-corrected chi connectivity index (χ2v) is 5.71. The van der Waals surface area contributed by atoms with Gasteiger partial charge in [-0.05, 0) is 36.9 Å². The summed E-state index contributed by atoms with van der Waals surface area (Å²) >= 11 is 2.01. The van der Waals surface area contributed by atoms with E-state index in [0.717, 1.165) is 19.6 Å². The van der Waals surface area contributed by atoms with Gasteiger partial charge in [-0.25, -0.2) is 4.79 Å². The number of carboxylic acids is 1. The second kappa shape index (κ2) is 7.40. The second-order valence-electron chi connectivity index (χ2n) is 4.49. The van der Waals surface area contributed by atoms with Gasteiger partial charge in [-0.3, -0.25) is 4.90 Å². The van der Waals surface area contributed by atoms with Gasteiger partial charge in [0, 0.05) is 18.8 Å². The molecule has 1 heterocycles. The molecule has 0 amide bonds. The molecule has 19 heavy (non-hydrogen) atoms. The van der Waals surface area contributed by atoms with E-state index in [1.165, 1.54) is 17.9 Å². The van der Waals surface area contributed by atoms with Gasteiger partial charge in [0.25, 0.3) is 0 Å². The highest BCUT2D eigenvalue weighted by Crippen LogP contribution is 2.14. The SMILES string of the molecule is O=C(O)c1cccc(OCCN2CCCSCC2)c1. The predicted molar refractivity (Wildman–Crippen MR) is 77.3 cm³/mol. The monoisotopic (exact) mass is 281 g/mol. The van der Waals surface area contributed by atoms with Crippen LogP contribution < -0.4 is 4.74 Å². The highest BCUT2D eigenvalue weighted by molar-refractivity contribution is 7.99. The van der Waals surface area contributed by atoms with E-state index >= 15 is 0 Å². The first-order valence-corrected chi connectivity index (χ1v) is 7.67. The van der Waals surface area contributed by atoms with Crippen LogP contribution in [0.3, 0.4) is 0 Å². The molecule has 0 spiro atoms. The predicted octanol–water partition coefficient (Wildman–Crippen LogP) is 2.20. The van der Waals surface area contributed by atoms with Crippen molar-refractivity contribution >= 4 is 17.7 Å². The average Bonchev–Trinajstić information content (AvgIpc) is 2.68. The number of rotatable bonds is 5. The van der Waals surface area contributed by atoms with Crippen molar-refractivity contribution in [3.63, 3.8) is 0 Å². The van der Waals surface area contributed by atoms with Gasteiger partial charge in [0.1, 0.15) is 12.4 Å². The molecular formula is C14H19NO3S. The van der Waals surface area contributed by atoms with Gasteiger partial charge in [0.05, 0.1) is 5.56 Å². The molecule has 1 saturated heterocycles. The van der Waals surface area contributed by atoms with Crippen LogP contribution in [0.4, 0.5) is 0 Å². The van der Waals surface area contributed by atoms with Crippen molar-refractivity contribution in [3.05, 3.63) is 29.8 Å². The van der Waals surface area contributed by atoms with Gasteiger partial charge >= 0.3 is 5.97 Å². The summed E-state index contributed by atoms with van der Waals surface area (Å²) in [5.74, 6) is 2.14. The molecule has 2 rings (SSSR count). The largest absolute Gasteiger partial charge is 0.492 e. The number of benzene rings is 1. The highest BCUT2D eigenvalue weighted by atomic mass is 32.2. The van der Waals surface area contributed by atoms with Crippen LogP contribution in [0, 0.1) is 0 Å². The molecule has 0 atom stereocenters. The van der Waals surface area contributed by atoms with Gasteiger partial charge in [-0.1, -0.05) is 6.07 Å². The van der Waals surface area contributed by atoms with E-state index in [2.05, 4.69) is 4.90 Å². The van der Waals surface area contributed by atoms with Crippen LogP contribution in [-0.4, -0.2) is 53.7 Å².